The van der Waals surface area contributed by atoms with Crippen molar-refractivity contribution < 1.29 is 14.3 Å². The van der Waals surface area contributed by atoms with E-state index < -0.39 is 0 Å². The maximum atomic E-state index is 13.6. The minimum atomic E-state index is -0.185. The van der Waals surface area contributed by atoms with Gasteiger partial charge in [0.05, 0.1) is 30.6 Å². The number of carbonyl (C=O) groups excluding carboxylic acids is 2. The molecule has 2 aliphatic heterocycles. The van der Waals surface area contributed by atoms with Gasteiger partial charge in [-0.15, -0.1) is 0 Å². The molecule has 2 aliphatic rings. The molecule has 2 unspecified atom stereocenters. The molecule has 2 fully saturated rings. The van der Waals surface area contributed by atoms with Crippen LogP contribution in [0, 0.1) is 0 Å². The van der Waals surface area contributed by atoms with Gasteiger partial charge in [0.2, 0.25) is 5.78 Å². The number of nitrogens with zero attached hydrogens (tertiary/aromatic N) is 5. The molecular formula is C28H26ClN5O3. The van der Waals surface area contributed by atoms with Crippen LogP contribution in [-0.4, -0.2) is 68.1 Å². The average molecular weight is 516 g/mol. The number of hydrogen-bond acceptors (Lipinski definition) is 6. The molecule has 37 heavy (non-hydrogen) atoms. The Morgan fingerprint density at radius 2 is 1.84 bits per heavy atom. The fourth-order valence-electron chi connectivity index (χ4n) is 5.58. The lowest BCUT2D eigenvalue weighted by Gasteiger charge is -2.49. The summed E-state index contributed by atoms with van der Waals surface area (Å²) in [4.78, 5) is 39.6. The Bertz CT molecular complexity index is 1470. The Labute approximate surface area is 219 Å². The monoisotopic (exact) mass is 515 g/mol. The molecule has 0 radical (unpaired) electrons. The number of Topliss-reactive ketones (excluding diaryl/α,β-unsaturated/α-hetero) is 1. The van der Waals surface area contributed by atoms with E-state index in [1.807, 2.05) is 58.0 Å². The van der Waals surface area contributed by atoms with Crippen molar-refractivity contribution in [3.8, 4) is 17.0 Å². The highest BCUT2D eigenvalue weighted by Gasteiger charge is 2.43. The summed E-state index contributed by atoms with van der Waals surface area (Å²) in [5.41, 5.74) is 3.41. The van der Waals surface area contributed by atoms with Gasteiger partial charge in [-0.1, -0.05) is 29.8 Å². The highest BCUT2D eigenvalue weighted by molar-refractivity contribution is 6.30. The van der Waals surface area contributed by atoms with Gasteiger partial charge in [0.1, 0.15) is 11.5 Å². The first-order valence-corrected chi connectivity index (χ1v) is 12.7. The lowest BCUT2D eigenvalue weighted by molar-refractivity contribution is -0.127. The van der Waals surface area contributed by atoms with Crippen LogP contribution in [0.15, 0.2) is 67.0 Å². The molecular weight excluding hydrogens is 490 g/mol. The van der Waals surface area contributed by atoms with Crippen LogP contribution in [0.1, 0.15) is 28.9 Å². The fourth-order valence-corrected chi connectivity index (χ4v) is 5.71. The molecule has 6 rings (SSSR count). The summed E-state index contributed by atoms with van der Waals surface area (Å²) in [5.74, 6) is 1.43. The van der Waals surface area contributed by atoms with Gasteiger partial charge in [-0.3, -0.25) is 18.9 Å². The summed E-state index contributed by atoms with van der Waals surface area (Å²) < 4.78 is 7.33. The zero-order valence-corrected chi connectivity index (χ0v) is 21.1. The van der Waals surface area contributed by atoms with E-state index in [2.05, 4.69) is 9.88 Å². The summed E-state index contributed by atoms with van der Waals surface area (Å²) in [6.07, 6.45) is 4.43. The molecule has 0 aliphatic carbocycles. The molecule has 9 heteroatoms. The van der Waals surface area contributed by atoms with E-state index in [1.165, 1.54) is 0 Å². The molecule has 2 aromatic heterocycles. The number of rotatable bonds is 5. The number of imidazole rings is 1. The van der Waals surface area contributed by atoms with Gasteiger partial charge in [-0.25, -0.2) is 9.97 Å². The standard InChI is InChI=1S/C28H26ClN5O3/c1-37-24-5-2-4-19(12-24)27(36)34-21-13-23(35)14-22(34)16-32(15-21)17-25-26(18-6-8-20(29)9-7-18)31-28-30-10-3-11-33(25)28/h2-12,21-22H,13-17H2,1H3. The molecule has 0 saturated carbocycles. The van der Waals surface area contributed by atoms with Crippen molar-refractivity contribution in [1.29, 1.82) is 0 Å². The number of likely N-dealkylation sites (tertiary alicyclic amines) is 1. The van der Waals surface area contributed by atoms with E-state index in [1.54, 1.807) is 25.4 Å². The number of benzene rings is 2. The SMILES string of the molecule is COc1cccc(C(=O)N2C3CC(=O)CC2CN(Cc2c(-c4ccc(Cl)cc4)nc4ncccn24)C3)c1. The van der Waals surface area contributed by atoms with Crippen LogP contribution in [0.4, 0.5) is 0 Å². The number of halogens is 1. The summed E-state index contributed by atoms with van der Waals surface area (Å²) in [7, 11) is 1.59. The lowest BCUT2D eigenvalue weighted by atomic mass is 9.89. The van der Waals surface area contributed by atoms with Crippen LogP contribution in [-0.2, 0) is 11.3 Å². The topological polar surface area (TPSA) is 80.0 Å². The highest BCUT2D eigenvalue weighted by Crippen LogP contribution is 2.32. The normalized spacial score (nSPS) is 19.8. The maximum Gasteiger partial charge on any atom is 0.254 e. The van der Waals surface area contributed by atoms with E-state index in [9.17, 15) is 9.59 Å². The predicted molar refractivity (Wildman–Crippen MR) is 140 cm³/mol. The first kappa shape index (κ1) is 23.6. The predicted octanol–water partition coefficient (Wildman–Crippen LogP) is 4.12. The number of fused-ring (bicyclic) bond motifs is 3. The molecule has 2 aromatic carbocycles. The van der Waals surface area contributed by atoms with E-state index in [0.29, 0.717) is 54.6 Å². The van der Waals surface area contributed by atoms with Crippen molar-refractivity contribution >= 4 is 29.1 Å². The molecule has 4 heterocycles. The third-order valence-corrected chi connectivity index (χ3v) is 7.45. The molecule has 188 valence electrons. The number of ketones is 1. The van der Waals surface area contributed by atoms with Crippen LogP contribution < -0.4 is 4.74 Å². The van der Waals surface area contributed by atoms with Gasteiger partial charge in [-0.2, -0.15) is 0 Å². The van der Waals surface area contributed by atoms with Crippen molar-refractivity contribution in [2.45, 2.75) is 31.5 Å². The zero-order chi connectivity index (χ0) is 25.5. The Morgan fingerprint density at radius 3 is 2.57 bits per heavy atom. The van der Waals surface area contributed by atoms with E-state index in [0.717, 1.165) is 17.0 Å². The molecule has 2 bridgehead atoms. The molecule has 1 amide bonds. The Balaban J connectivity index is 1.30. The van der Waals surface area contributed by atoms with Crippen molar-refractivity contribution in [2.75, 3.05) is 20.2 Å². The quantitative estimate of drug-likeness (QED) is 0.398. The minimum Gasteiger partial charge on any atom is -0.497 e. The Kier molecular flexibility index (Phi) is 6.14. The van der Waals surface area contributed by atoms with Crippen LogP contribution in [0.25, 0.3) is 17.0 Å². The summed E-state index contributed by atoms with van der Waals surface area (Å²) >= 11 is 6.13. The second kappa shape index (κ2) is 9.61. The molecule has 8 nitrogen and oxygen atoms in total. The summed E-state index contributed by atoms with van der Waals surface area (Å²) in [6.45, 7) is 1.82. The number of piperazine rings is 1. The smallest absolute Gasteiger partial charge is 0.254 e. The van der Waals surface area contributed by atoms with Crippen LogP contribution in [0.3, 0.4) is 0 Å². The second-order valence-corrected chi connectivity index (χ2v) is 10.0. The van der Waals surface area contributed by atoms with Crippen molar-refractivity contribution in [3.05, 3.63) is 83.3 Å². The second-order valence-electron chi connectivity index (χ2n) is 9.60. The number of hydrogen-bond donors (Lipinski definition) is 0. The first-order chi connectivity index (χ1) is 18.0. The molecule has 0 N–H and O–H groups in total. The number of aromatic nitrogens is 3. The fraction of sp³-hybridized carbons (Fsp3) is 0.286. The van der Waals surface area contributed by atoms with Crippen molar-refractivity contribution in [2.24, 2.45) is 0 Å². The average Bonchev–Trinajstić information content (AvgIpc) is 3.26. The van der Waals surface area contributed by atoms with Gasteiger partial charge in [0.25, 0.3) is 5.91 Å². The van der Waals surface area contributed by atoms with Gasteiger partial charge in [0.15, 0.2) is 0 Å². The van der Waals surface area contributed by atoms with Crippen molar-refractivity contribution in [3.63, 3.8) is 0 Å². The van der Waals surface area contributed by atoms with Gasteiger partial charge >= 0.3 is 0 Å². The Morgan fingerprint density at radius 1 is 1.08 bits per heavy atom. The van der Waals surface area contributed by atoms with E-state index in [-0.39, 0.29) is 23.8 Å². The maximum absolute atomic E-state index is 13.6. The van der Waals surface area contributed by atoms with Crippen molar-refractivity contribution in [1.82, 2.24) is 24.2 Å². The minimum absolute atomic E-state index is 0.0538. The van der Waals surface area contributed by atoms with Gasteiger partial charge in [0, 0.05) is 61.0 Å². The number of piperidine rings is 1. The third kappa shape index (κ3) is 4.47. The van der Waals surface area contributed by atoms with Crippen LogP contribution in [0.5, 0.6) is 5.75 Å². The molecule has 2 atom stereocenters. The summed E-state index contributed by atoms with van der Waals surface area (Å²) in [5, 5.41) is 0.668. The lowest BCUT2D eigenvalue weighted by Crippen LogP contribution is -2.63. The van der Waals surface area contributed by atoms with Crippen LogP contribution >= 0.6 is 11.6 Å². The number of amides is 1. The molecule has 4 aromatic rings. The third-order valence-electron chi connectivity index (χ3n) is 7.20. The van der Waals surface area contributed by atoms with E-state index in [4.69, 9.17) is 21.3 Å². The van der Waals surface area contributed by atoms with E-state index >= 15 is 0 Å². The largest absolute Gasteiger partial charge is 0.497 e. The first-order valence-electron chi connectivity index (χ1n) is 12.3. The summed E-state index contributed by atoms with van der Waals surface area (Å²) in [6, 6.07) is 16.4. The zero-order valence-electron chi connectivity index (χ0n) is 20.4. The number of ether oxygens (including phenoxy) is 1. The highest BCUT2D eigenvalue weighted by atomic mass is 35.5. The Hall–Kier alpha value is -3.75. The number of methoxy groups -OCH3 is 1. The molecule has 2 saturated heterocycles. The molecule has 0 spiro atoms. The van der Waals surface area contributed by atoms with Gasteiger partial charge in [-0.05, 0) is 36.4 Å². The van der Waals surface area contributed by atoms with Gasteiger partial charge < -0.3 is 9.64 Å². The number of carbonyl (C=O) groups is 2. The van der Waals surface area contributed by atoms with Crippen LogP contribution in [0.2, 0.25) is 5.02 Å².